The number of amides is 1. The van der Waals surface area contributed by atoms with Crippen LogP contribution in [0.2, 0.25) is 0 Å². The molecule has 1 fully saturated rings. The van der Waals surface area contributed by atoms with Crippen LogP contribution in [0.1, 0.15) is 12.0 Å². The van der Waals surface area contributed by atoms with Crippen molar-refractivity contribution in [2.75, 3.05) is 17.2 Å². The lowest BCUT2D eigenvalue weighted by atomic mass is 10.1. The monoisotopic (exact) mass is 340 g/mol. The number of rotatable bonds is 3. The zero-order chi connectivity index (χ0) is 16.7. The number of carbonyl (C=O) groups excluding carboxylic acids is 1. The van der Waals surface area contributed by atoms with Gasteiger partial charge < -0.3 is 4.90 Å². The van der Waals surface area contributed by atoms with Gasteiger partial charge in [0.1, 0.15) is 0 Å². The van der Waals surface area contributed by atoms with Gasteiger partial charge in [0.25, 0.3) is 0 Å². The van der Waals surface area contributed by atoms with Crippen LogP contribution in [0.15, 0.2) is 18.2 Å². The van der Waals surface area contributed by atoms with Crippen LogP contribution < -0.4 is 10.0 Å². The molecule has 0 spiro atoms. The maximum atomic E-state index is 14.0. The number of benzene rings is 1. The fraction of sp³-hybridized carbons (Fsp3) is 0.417. The normalized spacial score (nSPS) is 19.8. The minimum Gasteiger partial charge on any atom is -0.309 e. The first kappa shape index (κ1) is 16.7. The van der Waals surface area contributed by atoms with E-state index >= 15 is 0 Å². The topological polar surface area (TPSA) is 80.5 Å². The number of primary sulfonamides is 1. The second-order valence-electron chi connectivity index (χ2n) is 5.04. The predicted molar refractivity (Wildman–Crippen MR) is 69.8 cm³/mol. The standard InChI is InChI=1S/C12H12F4N2O3S/c13-11-8(12(14,15)16)2-1-3-9(11)18-5-7(4-10(18)19)6-22(17,20)21/h1-3,7H,4-6H2,(H2,17,20,21). The van der Waals surface area contributed by atoms with Crippen LogP contribution >= 0.6 is 0 Å². The van der Waals surface area contributed by atoms with Gasteiger partial charge in [0.05, 0.1) is 17.0 Å². The van der Waals surface area contributed by atoms with Gasteiger partial charge in [-0.05, 0) is 12.1 Å². The highest BCUT2D eigenvalue weighted by Crippen LogP contribution is 2.36. The third-order valence-electron chi connectivity index (χ3n) is 3.25. The molecule has 0 bridgehead atoms. The summed E-state index contributed by atoms with van der Waals surface area (Å²) < 4.78 is 74.0. The van der Waals surface area contributed by atoms with Gasteiger partial charge in [-0.3, -0.25) is 4.79 Å². The van der Waals surface area contributed by atoms with Gasteiger partial charge in [-0.25, -0.2) is 17.9 Å². The highest BCUT2D eigenvalue weighted by Gasteiger charge is 2.38. The number of halogens is 4. The van der Waals surface area contributed by atoms with Crippen molar-refractivity contribution in [3.8, 4) is 0 Å². The van der Waals surface area contributed by atoms with Crippen LogP contribution in [0.5, 0.6) is 0 Å². The van der Waals surface area contributed by atoms with Crippen molar-refractivity contribution in [3.63, 3.8) is 0 Å². The summed E-state index contributed by atoms with van der Waals surface area (Å²) in [6, 6.07) is 2.60. The predicted octanol–water partition coefficient (Wildman–Crippen LogP) is 1.49. The van der Waals surface area contributed by atoms with E-state index in [-0.39, 0.29) is 13.0 Å². The Morgan fingerprint density at radius 1 is 1.32 bits per heavy atom. The third kappa shape index (κ3) is 3.55. The number of hydrogen-bond acceptors (Lipinski definition) is 3. The minimum absolute atomic E-state index is 0.201. The molecule has 1 heterocycles. The fourth-order valence-electron chi connectivity index (χ4n) is 2.40. The van der Waals surface area contributed by atoms with Crippen LogP contribution in [0, 0.1) is 11.7 Å². The van der Waals surface area contributed by atoms with Crippen LogP contribution in [0.3, 0.4) is 0 Å². The molecule has 1 aliphatic heterocycles. The van der Waals surface area contributed by atoms with E-state index in [0.717, 1.165) is 17.0 Å². The van der Waals surface area contributed by atoms with Gasteiger partial charge in [0.15, 0.2) is 5.82 Å². The van der Waals surface area contributed by atoms with Crippen molar-refractivity contribution in [2.24, 2.45) is 11.1 Å². The average molecular weight is 340 g/mol. The van der Waals surface area contributed by atoms with Crippen molar-refractivity contribution >= 4 is 21.6 Å². The zero-order valence-corrected chi connectivity index (χ0v) is 11.9. The highest BCUT2D eigenvalue weighted by atomic mass is 32.2. The SMILES string of the molecule is NS(=O)(=O)CC1CC(=O)N(c2cccc(C(F)(F)F)c2F)C1. The smallest absolute Gasteiger partial charge is 0.309 e. The molecular weight excluding hydrogens is 328 g/mol. The second kappa shape index (κ2) is 5.51. The summed E-state index contributed by atoms with van der Waals surface area (Å²) in [6.45, 7) is -0.201. The van der Waals surface area contributed by atoms with Crippen LogP contribution in [-0.4, -0.2) is 26.6 Å². The Kier molecular flexibility index (Phi) is 4.18. The summed E-state index contributed by atoms with van der Waals surface area (Å²) in [4.78, 5) is 12.6. The van der Waals surface area contributed by atoms with Crippen LogP contribution in [-0.2, 0) is 21.0 Å². The maximum Gasteiger partial charge on any atom is 0.419 e. The van der Waals surface area contributed by atoms with Gasteiger partial charge in [-0.2, -0.15) is 13.2 Å². The molecule has 0 saturated carbocycles. The molecule has 1 aromatic carbocycles. The lowest BCUT2D eigenvalue weighted by Crippen LogP contribution is -2.28. The fourth-order valence-corrected chi connectivity index (χ4v) is 3.28. The number of nitrogens with two attached hydrogens (primary N) is 1. The Labute approximate surface area is 123 Å². The molecule has 1 aromatic rings. The number of anilines is 1. The summed E-state index contributed by atoms with van der Waals surface area (Å²) in [5, 5.41) is 4.88. The van der Waals surface area contributed by atoms with Gasteiger partial charge >= 0.3 is 6.18 Å². The van der Waals surface area contributed by atoms with E-state index in [1.54, 1.807) is 0 Å². The quantitative estimate of drug-likeness (QED) is 0.847. The number of carbonyl (C=O) groups is 1. The summed E-state index contributed by atoms with van der Waals surface area (Å²) in [7, 11) is -3.83. The molecular formula is C12H12F4N2O3S. The average Bonchev–Trinajstić information content (AvgIpc) is 2.66. The van der Waals surface area contributed by atoms with Crippen molar-refractivity contribution < 1.29 is 30.8 Å². The molecule has 0 aliphatic carbocycles. The molecule has 2 rings (SSSR count). The van der Waals surface area contributed by atoms with E-state index in [1.165, 1.54) is 0 Å². The van der Waals surface area contributed by atoms with E-state index in [1.807, 2.05) is 0 Å². The Bertz CT molecular complexity index is 703. The van der Waals surface area contributed by atoms with Gasteiger partial charge in [0, 0.05) is 18.9 Å². The summed E-state index contributed by atoms with van der Waals surface area (Å²) in [5.74, 6) is -3.38. The van der Waals surface area contributed by atoms with E-state index < -0.39 is 50.8 Å². The van der Waals surface area contributed by atoms with Gasteiger partial charge in [-0.15, -0.1) is 0 Å². The molecule has 122 valence electrons. The molecule has 1 aliphatic rings. The molecule has 0 radical (unpaired) electrons. The molecule has 22 heavy (non-hydrogen) atoms. The number of alkyl halides is 3. The molecule has 10 heteroatoms. The maximum absolute atomic E-state index is 14.0. The number of sulfonamides is 1. The Morgan fingerprint density at radius 2 is 1.95 bits per heavy atom. The zero-order valence-electron chi connectivity index (χ0n) is 11.1. The summed E-state index contributed by atoms with van der Waals surface area (Å²) >= 11 is 0. The number of hydrogen-bond donors (Lipinski definition) is 1. The molecule has 1 amide bonds. The molecule has 0 aromatic heterocycles. The first-order chi connectivity index (χ1) is 9.99. The van der Waals surface area contributed by atoms with Crippen LogP contribution in [0.25, 0.3) is 0 Å². The van der Waals surface area contributed by atoms with E-state index in [4.69, 9.17) is 5.14 Å². The lowest BCUT2D eigenvalue weighted by molar-refractivity contribution is -0.140. The van der Waals surface area contributed by atoms with Gasteiger partial charge in [0.2, 0.25) is 15.9 Å². The lowest BCUT2D eigenvalue weighted by Gasteiger charge is -2.19. The Hall–Kier alpha value is -1.68. The van der Waals surface area contributed by atoms with Crippen molar-refractivity contribution in [1.82, 2.24) is 0 Å². The van der Waals surface area contributed by atoms with Crippen LogP contribution in [0.4, 0.5) is 23.2 Å². The largest absolute Gasteiger partial charge is 0.419 e. The Morgan fingerprint density at radius 3 is 2.50 bits per heavy atom. The summed E-state index contributed by atoms with van der Waals surface area (Å²) in [5.41, 5.74) is -2.00. The van der Waals surface area contributed by atoms with Crippen molar-refractivity contribution in [1.29, 1.82) is 0 Å². The highest BCUT2D eigenvalue weighted by molar-refractivity contribution is 7.89. The van der Waals surface area contributed by atoms with E-state index in [2.05, 4.69) is 0 Å². The molecule has 1 saturated heterocycles. The first-order valence-corrected chi connectivity index (χ1v) is 7.87. The molecule has 2 N–H and O–H groups in total. The molecule has 1 unspecified atom stereocenters. The molecule has 1 atom stereocenters. The summed E-state index contributed by atoms with van der Waals surface area (Å²) in [6.07, 6.45) is -5.10. The third-order valence-corrected chi connectivity index (χ3v) is 4.18. The Balaban J connectivity index is 2.32. The van der Waals surface area contributed by atoms with Crippen molar-refractivity contribution in [3.05, 3.63) is 29.6 Å². The minimum atomic E-state index is -4.89. The van der Waals surface area contributed by atoms with E-state index in [9.17, 15) is 30.8 Å². The first-order valence-electron chi connectivity index (χ1n) is 6.15. The van der Waals surface area contributed by atoms with E-state index in [0.29, 0.717) is 6.07 Å². The molecule has 5 nitrogen and oxygen atoms in total. The van der Waals surface area contributed by atoms with Gasteiger partial charge in [-0.1, -0.05) is 6.07 Å². The van der Waals surface area contributed by atoms with Crippen molar-refractivity contribution in [2.45, 2.75) is 12.6 Å². The number of nitrogens with zero attached hydrogens (tertiary/aromatic N) is 1. The second-order valence-corrected chi connectivity index (χ2v) is 6.70.